The Bertz CT molecular complexity index is 289. The zero-order chi connectivity index (χ0) is 12.0. The molecule has 1 nitrogen and oxygen atoms in total. The van der Waals surface area contributed by atoms with E-state index in [0.717, 1.165) is 36.0 Å². The van der Waals surface area contributed by atoms with Crippen LogP contribution < -0.4 is 0 Å². The van der Waals surface area contributed by atoms with E-state index in [1.54, 1.807) is 0 Å². The monoisotopic (exact) mass is 234 g/mol. The summed E-state index contributed by atoms with van der Waals surface area (Å²) in [6, 6.07) is 0. The lowest BCUT2D eigenvalue weighted by Crippen LogP contribution is -2.18. The Morgan fingerprint density at radius 2 is 1.59 bits per heavy atom. The summed E-state index contributed by atoms with van der Waals surface area (Å²) < 4.78 is 0. The molecule has 3 aliphatic carbocycles. The molecule has 0 aromatic carbocycles. The Morgan fingerprint density at radius 1 is 1.00 bits per heavy atom. The van der Waals surface area contributed by atoms with Gasteiger partial charge in [-0.3, -0.25) is 4.79 Å². The van der Waals surface area contributed by atoms with E-state index >= 15 is 0 Å². The van der Waals surface area contributed by atoms with Crippen LogP contribution in [0.4, 0.5) is 0 Å². The van der Waals surface area contributed by atoms with Crippen LogP contribution in [-0.2, 0) is 4.79 Å². The van der Waals surface area contributed by atoms with Crippen LogP contribution in [-0.4, -0.2) is 5.78 Å². The summed E-state index contributed by atoms with van der Waals surface area (Å²) in [5.41, 5.74) is 0. The number of Topliss-reactive ketones (excluding diaryl/α,β-unsaturated/α-hetero) is 1. The highest BCUT2D eigenvalue weighted by atomic mass is 16.1. The molecule has 3 saturated carbocycles. The molecule has 4 atom stereocenters. The Balaban J connectivity index is 1.51. The smallest absolute Gasteiger partial charge is 0.135 e. The third-order valence-corrected chi connectivity index (χ3v) is 6.03. The Hall–Kier alpha value is -0.330. The molecule has 0 aromatic heterocycles. The van der Waals surface area contributed by atoms with Gasteiger partial charge in [0.15, 0.2) is 0 Å². The van der Waals surface area contributed by atoms with Gasteiger partial charge < -0.3 is 0 Å². The van der Waals surface area contributed by atoms with Gasteiger partial charge in [-0.15, -0.1) is 0 Å². The van der Waals surface area contributed by atoms with Gasteiger partial charge in [0.05, 0.1) is 0 Å². The molecular weight excluding hydrogens is 208 g/mol. The number of fused-ring (bicyclic) bond motifs is 2. The van der Waals surface area contributed by atoms with E-state index in [-0.39, 0.29) is 0 Å². The number of rotatable bonds is 4. The van der Waals surface area contributed by atoms with Gasteiger partial charge in [0.1, 0.15) is 5.78 Å². The number of carbonyl (C=O) groups is 1. The summed E-state index contributed by atoms with van der Waals surface area (Å²) in [6.45, 7) is 4.90. The third-order valence-electron chi connectivity index (χ3n) is 6.03. The largest absolute Gasteiger partial charge is 0.299 e. The summed E-state index contributed by atoms with van der Waals surface area (Å²) >= 11 is 0. The lowest BCUT2D eigenvalue weighted by molar-refractivity contribution is -0.120. The normalized spacial score (nSPS) is 44.9. The minimum atomic E-state index is 0.480. The molecule has 0 N–H and O–H groups in total. The van der Waals surface area contributed by atoms with Crippen LogP contribution in [0.1, 0.15) is 58.8 Å². The molecule has 2 bridgehead atoms. The van der Waals surface area contributed by atoms with Crippen LogP contribution in [0, 0.1) is 35.5 Å². The molecule has 4 unspecified atom stereocenters. The lowest BCUT2D eigenvalue weighted by atomic mass is 9.77. The maximum Gasteiger partial charge on any atom is 0.135 e. The maximum atomic E-state index is 11.8. The Morgan fingerprint density at radius 3 is 2.12 bits per heavy atom. The average molecular weight is 234 g/mol. The van der Waals surface area contributed by atoms with E-state index in [0.29, 0.717) is 11.7 Å². The van der Waals surface area contributed by atoms with Crippen molar-refractivity contribution in [2.45, 2.75) is 58.8 Å². The second kappa shape index (κ2) is 4.40. The number of hydrogen-bond acceptors (Lipinski definition) is 1. The van der Waals surface area contributed by atoms with E-state index < -0.39 is 0 Å². The highest BCUT2D eigenvalue weighted by Gasteiger charge is 2.43. The van der Waals surface area contributed by atoms with Gasteiger partial charge in [-0.1, -0.05) is 13.8 Å². The van der Waals surface area contributed by atoms with E-state index in [2.05, 4.69) is 13.8 Å². The number of hydrogen-bond donors (Lipinski definition) is 0. The van der Waals surface area contributed by atoms with Gasteiger partial charge in [-0.25, -0.2) is 0 Å². The van der Waals surface area contributed by atoms with Crippen molar-refractivity contribution >= 4 is 5.78 Å². The molecule has 17 heavy (non-hydrogen) atoms. The summed E-state index contributed by atoms with van der Waals surface area (Å²) in [7, 11) is 0. The molecule has 0 spiro atoms. The van der Waals surface area contributed by atoms with Crippen LogP contribution in [0.25, 0.3) is 0 Å². The van der Waals surface area contributed by atoms with E-state index in [1.807, 2.05) is 0 Å². The standard InChI is InChI=1S/C16H26O/c1-10-11(2)15-8-12(7-14(10)9-15)3-6-16(17)13-4-5-13/h10-15H,3-9H2,1-2H3. The van der Waals surface area contributed by atoms with E-state index in [1.165, 1.54) is 38.5 Å². The molecular formula is C16H26O. The number of ketones is 1. The molecule has 0 aromatic rings. The van der Waals surface area contributed by atoms with Crippen LogP contribution in [0.5, 0.6) is 0 Å². The van der Waals surface area contributed by atoms with Crippen molar-refractivity contribution in [3.05, 3.63) is 0 Å². The first-order valence-corrected chi connectivity index (χ1v) is 7.68. The van der Waals surface area contributed by atoms with Crippen molar-refractivity contribution < 1.29 is 4.79 Å². The van der Waals surface area contributed by atoms with Gasteiger partial charge in [0.25, 0.3) is 0 Å². The second-order valence-electron chi connectivity index (χ2n) is 7.09. The van der Waals surface area contributed by atoms with Gasteiger partial charge in [0.2, 0.25) is 0 Å². The molecule has 96 valence electrons. The zero-order valence-electron chi connectivity index (χ0n) is 11.3. The van der Waals surface area contributed by atoms with Crippen LogP contribution >= 0.6 is 0 Å². The van der Waals surface area contributed by atoms with Crippen molar-refractivity contribution in [2.75, 3.05) is 0 Å². The highest BCUT2D eigenvalue weighted by Crippen LogP contribution is 2.52. The van der Waals surface area contributed by atoms with Crippen LogP contribution in [0.15, 0.2) is 0 Å². The van der Waals surface area contributed by atoms with Crippen molar-refractivity contribution in [3.8, 4) is 0 Å². The molecule has 0 heterocycles. The number of carbonyl (C=O) groups excluding carboxylic acids is 1. The summed E-state index contributed by atoms with van der Waals surface area (Å²) in [5.74, 6) is 5.74. The van der Waals surface area contributed by atoms with Crippen molar-refractivity contribution in [3.63, 3.8) is 0 Å². The first-order valence-electron chi connectivity index (χ1n) is 7.68. The minimum Gasteiger partial charge on any atom is -0.299 e. The van der Waals surface area contributed by atoms with E-state index in [9.17, 15) is 4.79 Å². The summed E-state index contributed by atoms with van der Waals surface area (Å²) in [5, 5.41) is 0. The zero-order valence-corrected chi connectivity index (χ0v) is 11.3. The van der Waals surface area contributed by atoms with Crippen molar-refractivity contribution in [1.29, 1.82) is 0 Å². The lowest BCUT2D eigenvalue weighted by Gasteiger charge is -2.28. The first-order chi connectivity index (χ1) is 8.15. The van der Waals surface area contributed by atoms with Crippen molar-refractivity contribution in [2.24, 2.45) is 35.5 Å². The minimum absolute atomic E-state index is 0.480. The second-order valence-corrected chi connectivity index (χ2v) is 7.09. The van der Waals surface area contributed by atoms with Gasteiger partial charge in [-0.05, 0) is 68.1 Å². The molecule has 1 heteroatoms. The summed E-state index contributed by atoms with van der Waals surface area (Å²) in [4.78, 5) is 11.8. The predicted molar refractivity (Wildman–Crippen MR) is 69.6 cm³/mol. The fourth-order valence-electron chi connectivity index (χ4n) is 4.44. The first kappa shape index (κ1) is 11.7. The van der Waals surface area contributed by atoms with Crippen molar-refractivity contribution in [1.82, 2.24) is 0 Å². The third kappa shape index (κ3) is 2.30. The Kier molecular flexibility index (Phi) is 3.04. The fourth-order valence-corrected chi connectivity index (χ4v) is 4.44. The Labute approximate surface area is 105 Å². The molecule has 3 rings (SSSR count). The van der Waals surface area contributed by atoms with Crippen LogP contribution in [0.3, 0.4) is 0 Å². The molecule has 3 aliphatic rings. The highest BCUT2D eigenvalue weighted by molar-refractivity contribution is 5.83. The maximum absolute atomic E-state index is 11.8. The molecule has 0 amide bonds. The molecule has 0 saturated heterocycles. The predicted octanol–water partition coefficient (Wildman–Crippen LogP) is 4.06. The fraction of sp³-hybridized carbons (Fsp3) is 0.938. The van der Waals surface area contributed by atoms with Gasteiger partial charge in [-0.2, -0.15) is 0 Å². The summed E-state index contributed by atoms with van der Waals surface area (Å²) in [6.07, 6.45) is 8.76. The molecule has 0 radical (unpaired) electrons. The topological polar surface area (TPSA) is 17.1 Å². The SMILES string of the molecule is CC1C2CC(CCC(=O)C3CC3)CC(C2)C1C. The average Bonchev–Trinajstić information content (AvgIpc) is 3.15. The quantitative estimate of drug-likeness (QED) is 0.717. The van der Waals surface area contributed by atoms with E-state index in [4.69, 9.17) is 0 Å². The van der Waals surface area contributed by atoms with Gasteiger partial charge in [0, 0.05) is 12.3 Å². The molecule has 0 aliphatic heterocycles. The van der Waals surface area contributed by atoms with Gasteiger partial charge >= 0.3 is 0 Å². The molecule has 3 fully saturated rings. The van der Waals surface area contributed by atoms with Crippen LogP contribution in [0.2, 0.25) is 0 Å².